The quantitative estimate of drug-likeness (QED) is 0.258. The molecule has 4 rings (SSSR count). The number of carbonyl (C=O) groups is 3. The molecule has 3 N–H and O–H groups in total. The average molecular weight is 480 g/mol. The third-order valence-corrected chi connectivity index (χ3v) is 5.78. The minimum absolute atomic E-state index is 0.245. The van der Waals surface area contributed by atoms with E-state index >= 15 is 0 Å². The lowest BCUT2D eigenvalue weighted by molar-refractivity contribution is 0.0706. The van der Waals surface area contributed by atoms with Gasteiger partial charge in [-0.15, -0.1) is 0 Å². The fourth-order valence-corrected chi connectivity index (χ4v) is 3.74. The maximum atomic E-state index is 13.4. The summed E-state index contributed by atoms with van der Waals surface area (Å²) in [4.78, 5) is 39.5. The first-order valence-corrected chi connectivity index (χ1v) is 11.3. The molecule has 0 heterocycles. The number of hydrogen-bond donors (Lipinski definition) is 3. The molecular weight excluding hydrogens is 454 g/mol. The largest absolute Gasteiger partial charge is 0.322 e. The van der Waals surface area contributed by atoms with Crippen LogP contribution < -0.4 is 15.7 Å². The molecule has 0 aliphatic rings. The number of para-hydroxylation sites is 1. The Morgan fingerprint density at radius 2 is 1.31 bits per heavy atom. The minimum Gasteiger partial charge on any atom is -0.322 e. The van der Waals surface area contributed by atoms with Crippen LogP contribution in [0.3, 0.4) is 0 Å². The van der Waals surface area contributed by atoms with Gasteiger partial charge in [0.2, 0.25) is 0 Å². The summed E-state index contributed by atoms with van der Waals surface area (Å²) in [5, 5.41) is 11.8. The second kappa shape index (κ2) is 10.7. The Bertz CT molecular complexity index is 1400. The molecule has 0 saturated heterocycles. The lowest BCUT2D eigenvalue weighted by Crippen LogP contribution is -2.26. The molecule has 0 spiro atoms. The Morgan fingerprint density at radius 1 is 0.694 bits per heavy atom. The van der Waals surface area contributed by atoms with Crippen LogP contribution in [0.1, 0.15) is 36.6 Å². The molecule has 0 saturated carbocycles. The number of amides is 3. The van der Waals surface area contributed by atoms with Crippen LogP contribution in [-0.2, 0) is 0 Å². The zero-order valence-corrected chi connectivity index (χ0v) is 19.9. The van der Waals surface area contributed by atoms with E-state index in [9.17, 15) is 14.4 Å². The Hall–Kier alpha value is -4.75. The maximum absolute atomic E-state index is 13.4. The smallest absolute Gasteiger partial charge is 0.274 e. The first-order valence-electron chi connectivity index (χ1n) is 11.3. The molecule has 7 heteroatoms. The molecule has 0 radical (unpaired) electrons. The monoisotopic (exact) mass is 479 g/mol. The van der Waals surface area contributed by atoms with E-state index in [2.05, 4.69) is 5.32 Å². The van der Waals surface area contributed by atoms with Crippen molar-refractivity contribution in [3.8, 4) is 11.1 Å². The molecule has 36 heavy (non-hydrogen) atoms. The molecule has 0 unspecified atom stereocenters. The predicted octanol–water partition coefficient (Wildman–Crippen LogP) is 5.31. The fraction of sp³-hybridized carbons (Fsp3) is 0.0690. The summed E-state index contributed by atoms with van der Waals surface area (Å²) in [5.74, 6) is -1.16. The predicted molar refractivity (Wildman–Crippen MR) is 139 cm³/mol. The topological polar surface area (TPSA) is 98.7 Å². The molecule has 180 valence electrons. The van der Waals surface area contributed by atoms with Crippen molar-refractivity contribution < 1.29 is 19.6 Å². The fourth-order valence-electron chi connectivity index (χ4n) is 3.74. The van der Waals surface area contributed by atoms with Gasteiger partial charge in [-0.2, -0.15) is 0 Å². The number of nitrogens with one attached hydrogen (secondary N) is 2. The molecular formula is C29H25N3O4. The van der Waals surface area contributed by atoms with Gasteiger partial charge in [-0.05, 0) is 72.6 Å². The summed E-state index contributed by atoms with van der Waals surface area (Å²) in [6.45, 7) is 1.95. The summed E-state index contributed by atoms with van der Waals surface area (Å²) in [7, 11) is 1.69. The first-order chi connectivity index (χ1) is 17.4. The molecule has 0 aliphatic heterocycles. The summed E-state index contributed by atoms with van der Waals surface area (Å²) >= 11 is 0. The number of hydrogen-bond acceptors (Lipinski definition) is 4. The number of aryl methyl sites for hydroxylation is 1. The van der Waals surface area contributed by atoms with Crippen LogP contribution >= 0.6 is 0 Å². The zero-order chi connectivity index (χ0) is 25.7. The van der Waals surface area contributed by atoms with Crippen LogP contribution in [0.5, 0.6) is 0 Å². The van der Waals surface area contributed by atoms with Crippen LogP contribution in [-0.4, -0.2) is 30.0 Å². The van der Waals surface area contributed by atoms with Crippen molar-refractivity contribution >= 4 is 29.1 Å². The van der Waals surface area contributed by atoms with Crippen LogP contribution in [0.25, 0.3) is 11.1 Å². The van der Waals surface area contributed by atoms with Gasteiger partial charge >= 0.3 is 0 Å². The van der Waals surface area contributed by atoms with Crippen molar-refractivity contribution in [1.29, 1.82) is 0 Å². The van der Waals surface area contributed by atoms with Crippen molar-refractivity contribution in [2.45, 2.75) is 6.92 Å². The van der Waals surface area contributed by atoms with Crippen molar-refractivity contribution in [2.75, 3.05) is 17.3 Å². The van der Waals surface area contributed by atoms with Gasteiger partial charge < -0.3 is 10.2 Å². The average Bonchev–Trinajstić information content (AvgIpc) is 2.92. The highest BCUT2D eigenvalue weighted by atomic mass is 16.5. The normalized spacial score (nSPS) is 10.4. The van der Waals surface area contributed by atoms with Crippen LogP contribution in [0, 0.1) is 6.92 Å². The minimum atomic E-state index is -0.624. The highest BCUT2D eigenvalue weighted by Crippen LogP contribution is 2.27. The number of carbonyl (C=O) groups excluding carboxylic acids is 3. The Labute approximate surface area is 209 Å². The molecule has 4 aromatic carbocycles. The zero-order valence-electron chi connectivity index (χ0n) is 19.9. The molecule has 0 aromatic heterocycles. The van der Waals surface area contributed by atoms with Crippen molar-refractivity contribution in [3.63, 3.8) is 0 Å². The van der Waals surface area contributed by atoms with E-state index in [1.54, 1.807) is 72.0 Å². The molecule has 4 aromatic rings. The van der Waals surface area contributed by atoms with Crippen LogP contribution in [0.2, 0.25) is 0 Å². The first kappa shape index (κ1) is 24.4. The number of benzene rings is 4. The molecule has 3 amide bonds. The molecule has 0 bridgehead atoms. The highest BCUT2D eigenvalue weighted by Gasteiger charge is 2.17. The van der Waals surface area contributed by atoms with Crippen molar-refractivity contribution in [3.05, 3.63) is 119 Å². The molecule has 0 atom stereocenters. The van der Waals surface area contributed by atoms with E-state index < -0.39 is 5.91 Å². The highest BCUT2D eigenvalue weighted by molar-refractivity contribution is 6.09. The molecule has 0 fully saturated rings. The number of hydroxylamine groups is 1. The summed E-state index contributed by atoms with van der Waals surface area (Å²) in [6, 6.07) is 28.2. The van der Waals surface area contributed by atoms with E-state index in [4.69, 9.17) is 5.21 Å². The van der Waals surface area contributed by atoms with E-state index in [0.717, 1.165) is 16.8 Å². The van der Waals surface area contributed by atoms with Gasteiger partial charge in [-0.25, -0.2) is 5.48 Å². The van der Waals surface area contributed by atoms with E-state index in [0.29, 0.717) is 22.4 Å². The summed E-state index contributed by atoms with van der Waals surface area (Å²) < 4.78 is 0. The van der Waals surface area contributed by atoms with Crippen molar-refractivity contribution in [2.24, 2.45) is 0 Å². The lowest BCUT2D eigenvalue weighted by atomic mass is 9.99. The van der Waals surface area contributed by atoms with Crippen LogP contribution in [0.4, 0.5) is 11.4 Å². The van der Waals surface area contributed by atoms with Gasteiger partial charge in [-0.3, -0.25) is 19.6 Å². The van der Waals surface area contributed by atoms with E-state index in [1.165, 1.54) is 0 Å². The second-order valence-electron chi connectivity index (χ2n) is 8.34. The molecule has 0 aliphatic carbocycles. The Kier molecular flexibility index (Phi) is 7.23. The van der Waals surface area contributed by atoms with Gasteiger partial charge in [0.15, 0.2) is 0 Å². The number of nitrogens with zero attached hydrogens (tertiary/aromatic N) is 1. The Balaban J connectivity index is 1.72. The van der Waals surface area contributed by atoms with Crippen LogP contribution in [0.15, 0.2) is 97.1 Å². The van der Waals surface area contributed by atoms with E-state index in [-0.39, 0.29) is 17.4 Å². The van der Waals surface area contributed by atoms with E-state index in [1.807, 2.05) is 49.4 Å². The maximum Gasteiger partial charge on any atom is 0.274 e. The van der Waals surface area contributed by atoms with Crippen molar-refractivity contribution in [1.82, 2.24) is 5.48 Å². The third kappa shape index (κ3) is 5.48. The summed E-state index contributed by atoms with van der Waals surface area (Å²) in [6.07, 6.45) is 0. The third-order valence-electron chi connectivity index (χ3n) is 5.78. The summed E-state index contributed by atoms with van der Waals surface area (Å²) in [5.41, 5.74) is 6.42. The van der Waals surface area contributed by atoms with Gasteiger partial charge in [0.1, 0.15) is 0 Å². The Morgan fingerprint density at radius 3 is 1.94 bits per heavy atom. The number of anilines is 2. The number of rotatable bonds is 6. The standard InChI is InChI=1S/C29H25N3O4/c1-19-8-10-21(11-9-19)27(33)30-25-17-23(20-12-14-22(15-13-20)28(34)31-36)16-24(18-25)29(35)32(2)26-6-4-3-5-7-26/h3-18,36H,1-2H3,(H,30,33)(H,31,34). The lowest BCUT2D eigenvalue weighted by Gasteiger charge is -2.19. The molecule has 7 nitrogen and oxygen atoms in total. The van der Waals surface area contributed by atoms with Gasteiger partial charge in [0.05, 0.1) is 0 Å². The second-order valence-corrected chi connectivity index (χ2v) is 8.34. The SMILES string of the molecule is Cc1ccc(C(=O)Nc2cc(C(=O)N(C)c3ccccc3)cc(-c3ccc(C(=O)NO)cc3)c2)cc1. The van der Waals surface area contributed by atoms with Gasteiger partial charge in [0.25, 0.3) is 17.7 Å². The van der Waals surface area contributed by atoms with Gasteiger partial charge in [-0.1, -0.05) is 48.0 Å². The van der Waals surface area contributed by atoms with Gasteiger partial charge in [0, 0.05) is 35.1 Å².